The number of nitrogens with two attached hydrogens (primary N) is 1. The Morgan fingerprint density at radius 1 is 1.26 bits per heavy atom. The molecule has 0 aliphatic carbocycles. The van der Waals surface area contributed by atoms with Gasteiger partial charge in [-0.1, -0.05) is 30.3 Å². The van der Waals surface area contributed by atoms with E-state index in [4.69, 9.17) is 10.5 Å². The van der Waals surface area contributed by atoms with Crippen molar-refractivity contribution >= 4 is 0 Å². The van der Waals surface area contributed by atoms with E-state index in [9.17, 15) is 25.5 Å². The van der Waals surface area contributed by atoms with Crippen LogP contribution in [0.1, 0.15) is 5.56 Å². The van der Waals surface area contributed by atoms with Gasteiger partial charge in [-0.2, -0.15) is 0 Å². The van der Waals surface area contributed by atoms with E-state index < -0.39 is 36.4 Å². The van der Waals surface area contributed by atoms with Gasteiger partial charge < -0.3 is 30.3 Å². The highest BCUT2D eigenvalue weighted by atomic mass is 16.7. The van der Waals surface area contributed by atoms with Crippen molar-refractivity contribution < 1.29 is 30.3 Å². The van der Waals surface area contributed by atoms with Crippen LogP contribution in [0.4, 0.5) is 0 Å². The Hall–Kier alpha value is -1.06. The molecule has 1 fully saturated rings. The number of ether oxygens (including phenoxy) is 1. The monoisotopic (exact) mass is 271 g/mol. The quantitative estimate of drug-likeness (QED) is 0.337. The summed E-state index contributed by atoms with van der Waals surface area (Å²) in [5.41, 5.74) is 1.30. The lowest BCUT2D eigenvalue weighted by molar-refractivity contribution is -0.202. The van der Waals surface area contributed by atoms with Gasteiger partial charge in [0.1, 0.15) is 17.8 Å². The van der Waals surface area contributed by atoms with Crippen molar-refractivity contribution in [3.05, 3.63) is 35.9 Å². The Kier molecular flexibility index (Phi) is 3.63. The molecule has 1 aliphatic heterocycles. The maximum absolute atomic E-state index is 10.5. The van der Waals surface area contributed by atoms with Crippen LogP contribution < -0.4 is 5.73 Å². The molecule has 1 heterocycles. The van der Waals surface area contributed by atoms with Crippen molar-refractivity contribution in [2.45, 2.75) is 29.8 Å². The third-order valence-electron chi connectivity index (χ3n) is 3.39. The molecule has 0 spiro atoms. The third kappa shape index (κ3) is 2.15. The first-order valence-electron chi connectivity index (χ1n) is 5.75. The number of aliphatic hydroxyl groups is 5. The smallest absolute Gasteiger partial charge is 0.185 e. The summed E-state index contributed by atoms with van der Waals surface area (Å²) in [7, 11) is 0. The average Bonchev–Trinajstić information content (AvgIpc) is 2.63. The number of hydrogen-bond donors (Lipinski definition) is 6. The van der Waals surface area contributed by atoms with Crippen LogP contribution in [0, 0.1) is 0 Å². The van der Waals surface area contributed by atoms with Gasteiger partial charge in [-0.15, -0.1) is 0 Å². The SMILES string of the molecule is NC1(O)C(O)C(O)OC1C(O)(CO)c1ccccc1. The summed E-state index contributed by atoms with van der Waals surface area (Å²) in [6, 6.07) is 7.95. The van der Waals surface area contributed by atoms with Crippen molar-refractivity contribution in [2.24, 2.45) is 5.73 Å². The molecule has 0 bridgehead atoms. The minimum atomic E-state index is -2.40. The molecule has 7 nitrogen and oxygen atoms in total. The predicted molar refractivity (Wildman–Crippen MR) is 63.4 cm³/mol. The highest BCUT2D eigenvalue weighted by Gasteiger charge is 2.61. The molecule has 5 unspecified atom stereocenters. The molecule has 1 aromatic carbocycles. The van der Waals surface area contributed by atoms with Crippen molar-refractivity contribution in [1.29, 1.82) is 0 Å². The molecule has 0 aromatic heterocycles. The highest BCUT2D eigenvalue weighted by Crippen LogP contribution is 2.38. The van der Waals surface area contributed by atoms with Crippen molar-refractivity contribution in [2.75, 3.05) is 6.61 Å². The topological polar surface area (TPSA) is 136 Å². The summed E-state index contributed by atoms with van der Waals surface area (Å²) >= 11 is 0. The first-order chi connectivity index (χ1) is 8.84. The zero-order valence-electron chi connectivity index (χ0n) is 10.0. The Morgan fingerprint density at radius 3 is 2.26 bits per heavy atom. The second kappa shape index (κ2) is 4.80. The minimum Gasteiger partial charge on any atom is -0.393 e. The summed E-state index contributed by atoms with van der Waals surface area (Å²) in [5, 5.41) is 48.9. The van der Waals surface area contributed by atoms with Gasteiger partial charge in [0.15, 0.2) is 12.0 Å². The van der Waals surface area contributed by atoms with E-state index in [1.54, 1.807) is 18.2 Å². The highest BCUT2D eigenvalue weighted by molar-refractivity contribution is 5.26. The Labute approximate surface area is 109 Å². The fourth-order valence-electron chi connectivity index (χ4n) is 2.25. The molecule has 106 valence electrons. The molecule has 1 aromatic rings. The van der Waals surface area contributed by atoms with Crippen molar-refractivity contribution in [3.63, 3.8) is 0 Å². The van der Waals surface area contributed by atoms with Crippen LogP contribution in [-0.2, 0) is 10.3 Å². The number of benzene rings is 1. The fraction of sp³-hybridized carbons (Fsp3) is 0.500. The molecule has 7 heteroatoms. The van der Waals surface area contributed by atoms with Crippen LogP contribution in [0.5, 0.6) is 0 Å². The van der Waals surface area contributed by atoms with E-state index >= 15 is 0 Å². The first kappa shape index (κ1) is 14.4. The van der Waals surface area contributed by atoms with Gasteiger partial charge in [0.25, 0.3) is 0 Å². The van der Waals surface area contributed by atoms with E-state index in [0.29, 0.717) is 0 Å². The summed E-state index contributed by atoms with van der Waals surface area (Å²) in [5.74, 6) is 0. The molecule has 19 heavy (non-hydrogen) atoms. The second-order valence-corrected chi connectivity index (χ2v) is 4.69. The Bertz CT molecular complexity index is 439. The molecule has 1 saturated heterocycles. The van der Waals surface area contributed by atoms with Gasteiger partial charge >= 0.3 is 0 Å². The molecule has 0 saturated carbocycles. The van der Waals surface area contributed by atoms with Crippen LogP contribution >= 0.6 is 0 Å². The molecule has 0 amide bonds. The second-order valence-electron chi connectivity index (χ2n) is 4.69. The molecular formula is C12H17NO6. The van der Waals surface area contributed by atoms with Gasteiger partial charge in [0.05, 0.1) is 6.61 Å². The normalized spacial score (nSPS) is 38.1. The van der Waals surface area contributed by atoms with Gasteiger partial charge in [0.2, 0.25) is 0 Å². The molecular weight excluding hydrogens is 254 g/mol. The van der Waals surface area contributed by atoms with Gasteiger partial charge in [0, 0.05) is 0 Å². The maximum atomic E-state index is 10.5. The maximum Gasteiger partial charge on any atom is 0.185 e. The number of aliphatic hydroxyl groups excluding tert-OH is 3. The van der Waals surface area contributed by atoms with Crippen LogP contribution in [0.2, 0.25) is 0 Å². The van der Waals surface area contributed by atoms with Crippen molar-refractivity contribution in [3.8, 4) is 0 Å². The van der Waals surface area contributed by atoms with Crippen LogP contribution in [-0.4, -0.2) is 56.4 Å². The molecule has 0 radical (unpaired) electrons. The Morgan fingerprint density at radius 2 is 1.84 bits per heavy atom. The van der Waals surface area contributed by atoms with E-state index in [0.717, 1.165) is 0 Å². The zero-order valence-corrected chi connectivity index (χ0v) is 10.0. The largest absolute Gasteiger partial charge is 0.393 e. The first-order valence-corrected chi connectivity index (χ1v) is 5.75. The Balaban J connectivity index is 2.43. The summed E-state index contributed by atoms with van der Waals surface area (Å²) in [6.45, 7) is -0.805. The van der Waals surface area contributed by atoms with Gasteiger partial charge in [-0.3, -0.25) is 5.73 Å². The lowest BCUT2D eigenvalue weighted by Gasteiger charge is -2.38. The van der Waals surface area contributed by atoms with E-state index in [-0.39, 0.29) is 5.56 Å². The minimum absolute atomic E-state index is 0.243. The number of hydrogen-bond acceptors (Lipinski definition) is 7. The lowest BCUT2D eigenvalue weighted by Crippen LogP contribution is -2.63. The van der Waals surface area contributed by atoms with Crippen LogP contribution in [0.15, 0.2) is 30.3 Å². The summed E-state index contributed by atoms with van der Waals surface area (Å²) in [6.07, 6.45) is -5.13. The van der Waals surface area contributed by atoms with Crippen LogP contribution in [0.25, 0.3) is 0 Å². The predicted octanol–water partition coefficient (Wildman–Crippen LogP) is -2.41. The average molecular weight is 271 g/mol. The fourth-order valence-corrected chi connectivity index (χ4v) is 2.25. The van der Waals surface area contributed by atoms with E-state index in [1.807, 2.05) is 0 Å². The lowest BCUT2D eigenvalue weighted by atomic mass is 9.83. The van der Waals surface area contributed by atoms with Crippen LogP contribution in [0.3, 0.4) is 0 Å². The standard InChI is InChI=1S/C12H17NO6/c13-12(18)8(15)9(16)19-10(12)11(17,6-14)7-4-2-1-3-5-7/h1-5,8-10,14-18H,6,13H2. The van der Waals surface area contributed by atoms with E-state index in [2.05, 4.69) is 0 Å². The number of rotatable bonds is 3. The summed E-state index contributed by atoms with van der Waals surface area (Å²) in [4.78, 5) is 0. The zero-order chi connectivity index (χ0) is 14.3. The molecule has 5 atom stereocenters. The molecule has 7 N–H and O–H groups in total. The van der Waals surface area contributed by atoms with E-state index in [1.165, 1.54) is 12.1 Å². The van der Waals surface area contributed by atoms with Gasteiger partial charge in [-0.25, -0.2) is 0 Å². The van der Waals surface area contributed by atoms with Gasteiger partial charge in [-0.05, 0) is 5.56 Å². The van der Waals surface area contributed by atoms with Crippen molar-refractivity contribution in [1.82, 2.24) is 0 Å². The summed E-state index contributed by atoms with van der Waals surface area (Å²) < 4.78 is 4.92. The molecule has 1 aliphatic rings. The molecule has 2 rings (SSSR count). The third-order valence-corrected chi connectivity index (χ3v) is 3.39.